The number of aromatic amines is 1. The van der Waals surface area contributed by atoms with Crippen molar-refractivity contribution in [2.45, 2.75) is 32.7 Å². The molecule has 0 bridgehead atoms. The first-order chi connectivity index (χ1) is 10.8. The molecule has 0 saturated carbocycles. The summed E-state index contributed by atoms with van der Waals surface area (Å²) in [4.78, 5) is 12.4. The summed E-state index contributed by atoms with van der Waals surface area (Å²) in [7, 11) is 0. The maximum atomic E-state index is 13.8. The summed E-state index contributed by atoms with van der Waals surface area (Å²) in [5, 5.41) is 18.5. The van der Waals surface area contributed by atoms with E-state index in [0.29, 0.717) is 11.8 Å². The van der Waals surface area contributed by atoms with Crippen molar-refractivity contribution in [2.24, 2.45) is 0 Å². The van der Waals surface area contributed by atoms with Crippen molar-refractivity contribution in [3.8, 4) is 6.07 Å². The third-order valence-corrected chi connectivity index (χ3v) is 3.70. The third-order valence-electron chi connectivity index (χ3n) is 3.70. The molecule has 0 spiro atoms. The maximum absolute atomic E-state index is 13.8. The number of nitrogens with zero attached hydrogens (tertiary/aromatic N) is 2. The highest BCUT2D eigenvalue weighted by Gasteiger charge is 2.25. The van der Waals surface area contributed by atoms with E-state index in [0.717, 1.165) is 23.4 Å². The van der Waals surface area contributed by atoms with Gasteiger partial charge in [0.15, 0.2) is 0 Å². The number of carbonyl (C=O) groups excluding carboxylic acids is 1. The van der Waals surface area contributed by atoms with Crippen molar-refractivity contribution in [2.75, 3.05) is 0 Å². The van der Waals surface area contributed by atoms with Gasteiger partial charge in [0.2, 0.25) is 5.91 Å². The first-order valence-electron chi connectivity index (χ1n) is 7.01. The SMILES string of the molecule is Cc1n[nH]c(C)c1C(C)C(=O)NC(C#N)c1ccc(F)cc1F. The van der Waals surface area contributed by atoms with Crippen molar-refractivity contribution in [1.29, 1.82) is 5.26 Å². The van der Waals surface area contributed by atoms with Crippen molar-refractivity contribution >= 4 is 5.91 Å². The fourth-order valence-corrected chi connectivity index (χ4v) is 2.51. The van der Waals surface area contributed by atoms with E-state index in [2.05, 4.69) is 15.5 Å². The molecule has 2 aromatic rings. The Bertz CT molecular complexity index is 759. The minimum absolute atomic E-state index is 0.0740. The van der Waals surface area contributed by atoms with Crippen LogP contribution in [0.2, 0.25) is 0 Å². The monoisotopic (exact) mass is 318 g/mol. The lowest BCUT2D eigenvalue weighted by atomic mass is 9.97. The highest BCUT2D eigenvalue weighted by Crippen LogP contribution is 2.24. The molecule has 7 heteroatoms. The fourth-order valence-electron chi connectivity index (χ4n) is 2.51. The van der Waals surface area contributed by atoms with Gasteiger partial charge in [-0.05, 0) is 26.8 Å². The highest BCUT2D eigenvalue weighted by molar-refractivity contribution is 5.84. The summed E-state index contributed by atoms with van der Waals surface area (Å²) in [6, 6.07) is 3.50. The number of hydrogen-bond acceptors (Lipinski definition) is 3. The van der Waals surface area contributed by atoms with Gasteiger partial charge in [-0.3, -0.25) is 9.89 Å². The van der Waals surface area contributed by atoms with Crippen LogP contribution in [0.3, 0.4) is 0 Å². The molecule has 1 aromatic carbocycles. The molecular weight excluding hydrogens is 302 g/mol. The molecule has 0 saturated heterocycles. The molecule has 0 fully saturated rings. The summed E-state index contributed by atoms with van der Waals surface area (Å²) in [6.07, 6.45) is 0. The molecule has 0 aliphatic heterocycles. The van der Waals surface area contributed by atoms with Crippen molar-refractivity contribution in [3.63, 3.8) is 0 Å². The number of aryl methyl sites for hydroxylation is 2. The Labute approximate surface area is 132 Å². The van der Waals surface area contributed by atoms with Gasteiger partial charge < -0.3 is 5.32 Å². The van der Waals surface area contributed by atoms with Gasteiger partial charge in [0.1, 0.15) is 17.7 Å². The number of benzene rings is 1. The van der Waals surface area contributed by atoms with E-state index in [4.69, 9.17) is 0 Å². The van der Waals surface area contributed by atoms with Crippen LogP contribution in [0.4, 0.5) is 8.78 Å². The predicted molar refractivity (Wildman–Crippen MR) is 79.3 cm³/mol. The second-order valence-corrected chi connectivity index (χ2v) is 5.31. The van der Waals surface area contributed by atoms with E-state index >= 15 is 0 Å². The smallest absolute Gasteiger partial charge is 0.228 e. The Morgan fingerprint density at radius 1 is 1.39 bits per heavy atom. The van der Waals surface area contributed by atoms with E-state index in [1.54, 1.807) is 20.8 Å². The summed E-state index contributed by atoms with van der Waals surface area (Å²) >= 11 is 0. The lowest BCUT2D eigenvalue weighted by Crippen LogP contribution is -2.32. The lowest BCUT2D eigenvalue weighted by molar-refractivity contribution is -0.122. The Hall–Kier alpha value is -2.75. The molecule has 23 heavy (non-hydrogen) atoms. The Kier molecular flexibility index (Phi) is 4.74. The highest BCUT2D eigenvalue weighted by atomic mass is 19.1. The summed E-state index contributed by atoms with van der Waals surface area (Å²) in [5.74, 6) is -2.62. The first-order valence-corrected chi connectivity index (χ1v) is 7.01. The molecule has 1 amide bonds. The molecular formula is C16H16F2N4O. The van der Waals surface area contributed by atoms with E-state index < -0.39 is 29.5 Å². The second-order valence-electron chi connectivity index (χ2n) is 5.31. The fraction of sp³-hybridized carbons (Fsp3) is 0.312. The average Bonchev–Trinajstić information content (AvgIpc) is 2.83. The molecule has 1 heterocycles. The molecule has 2 atom stereocenters. The van der Waals surface area contributed by atoms with Crippen LogP contribution in [0.1, 0.15) is 41.4 Å². The standard InChI is InChI=1S/C16H16F2N4O/c1-8(15-9(2)21-22-10(15)3)16(23)20-14(7-19)12-5-4-11(17)6-13(12)18/h4-6,8,14H,1-3H3,(H,20,23)(H,21,22). The van der Waals surface area contributed by atoms with E-state index in [9.17, 15) is 18.8 Å². The van der Waals surface area contributed by atoms with E-state index in [1.807, 2.05) is 6.07 Å². The minimum atomic E-state index is -1.20. The van der Waals surface area contributed by atoms with Crippen LogP contribution in [0.15, 0.2) is 18.2 Å². The van der Waals surface area contributed by atoms with Crippen LogP contribution < -0.4 is 5.32 Å². The van der Waals surface area contributed by atoms with E-state index in [1.165, 1.54) is 0 Å². The zero-order valence-electron chi connectivity index (χ0n) is 12.9. The Morgan fingerprint density at radius 3 is 2.61 bits per heavy atom. The normalized spacial score (nSPS) is 13.2. The zero-order valence-corrected chi connectivity index (χ0v) is 12.9. The second kappa shape index (κ2) is 6.57. The number of amides is 1. The largest absolute Gasteiger partial charge is 0.336 e. The minimum Gasteiger partial charge on any atom is -0.336 e. The van der Waals surface area contributed by atoms with Crippen LogP contribution in [0.5, 0.6) is 0 Å². The van der Waals surface area contributed by atoms with Gasteiger partial charge in [0, 0.05) is 22.9 Å². The summed E-state index contributed by atoms with van der Waals surface area (Å²) in [6.45, 7) is 5.24. The van der Waals surface area contributed by atoms with Gasteiger partial charge in [0.05, 0.1) is 17.7 Å². The molecule has 120 valence electrons. The van der Waals surface area contributed by atoms with Crippen LogP contribution in [0, 0.1) is 36.8 Å². The molecule has 0 aliphatic rings. The zero-order chi connectivity index (χ0) is 17.1. The number of aromatic nitrogens is 2. The lowest BCUT2D eigenvalue weighted by Gasteiger charge is -2.17. The van der Waals surface area contributed by atoms with Gasteiger partial charge in [-0.1, -0.05) is 6.07 Å². The Balaban J connectivity index is 2.22. The predicted octanol–water partition coefficient (Wildman–Crippen LogP) is 2.79. The molecule has 0 radical (unpaired) electrons. The Morgan fingerprint density at radius 2 is 2.09 bits per heavy atom. The van der Waals surface area contributed by atoms with Crippen LogP contribution in [-0.2, 0) is 4.79 Å². The maximum Gasteiger partial charge on any atom is 0.228 e. The van der Waals surface area contributed by atoms with E-state index in [-0.39, 0.29) is 5.56 Å². The van der Waals surface area contributed by atoms with Crippen LogP contribution >= 0.6 is 0 Å². The molecule has 2 N–H and O–H groups in total. The molecule has 1 aromatic heterocycles. The average molecular weight is 318 g/mol. The molecule has 2 unspecified atom stereocenters. The van der Waals surface area contributed by atoms with Crippen molar-refractivity contribution < 1.29 is 13.6 Å². The quantitative estimate of drug-likeness (QED) is 0.909. The molecule has 2 rings (SSSR count). The van der Waals surface area contributed by atoms with Crippen molar-refractivity contribution in [3.05, 3.63) is 52.3 Å². The first kappa shape index (κ1) is 16.6. The number of halogens is 2. The van der Waals surface area contributed by atoms with Gasteiger partial charge in [-0.25, -0.2) is 8.78 Å². The van der Waals surface area contributed by atoms with Crippen molar-refractivity contribution in [1.82, 2.24) is 15.5 Å². The summed E-state index contributed by atoms with van der Waals surface area (Å²) < 4.78 is 26.7. The third kappa shape index (κ3) is 3.37. The van der Waals surface area contributed by atoms with Crippen LogP contribution in [-0.4, -0.2) is 16.1 Å². The van der Waals surface area contributed by atoms with Gasteiger partial charge >= 0.3 is 0 Å². The number of nitrogens with one attached hydrogen (secondary N) is 2. The molecule has 0 aliphatic carbocycles. The van der Waals surface area contributed by atoms with Gasteiger partial charge in [0.25, 0.3) is 0 Å². The number of nitriles is 1. The van der Waals surface area contributed by atoms with Gasteiger partial charge in [-0.15, -0.1) is 0 Å². The topological polar surface area (TPSA) is 81.6 Å². The number of H-pyrrole nitrogens is 1. The van der Waals surface area contributed by atoms with Crippen LogP contribution in [0.25, 0.3) is 0 Å². The van der Waals surface area contributed by atoms with Gasteiger partial charge in [-0.2, -0.15) is 10.4 Å². The number of carbonyl (C=O) groups is 1. The molecule has 5 nitrogen and oxygen atoms in total. The summed E-state index contributed by atoms with van der Waals surface area (Å²) in [5.41, 5.74) is 2.10. The number of hydrogen-bond donors (Lipinski definition) is 2. The number of rotatable bonds is 4.